The first-order valence-electron chi connectivity index (χ1n) is 44.5. The smallest absolute Gasteiger partial charge is 0.161 e. The van der Waals surface area contributed by atoms with Gasteiger partial charge in [-0.1, -0.05) is 419 Å². The third-order valence-corrected chi connectivity index (χ3v) is 26.4. The van der Waals surface area contributed by atoms with Crippen molar-refractivity contribution in [3.8, 4) is 123 Å². The lowest BCUT2D eigenvalue weighted by Gasteiger charge is -2.16. The highest BCUT2D eigenvalue weighted by molar-refractivity contribution is 6.32. The maximum absolute atomic E-state index is 5.44. The fourth-order valence-electron chi connectivity index (χ4n) is 20.3. The molecule has 0 radical (unpaired) electrons. The maximum Gasteiger partial charge on any atom is 0.161 e. The van der Waals surface area contributed by atoms with Crippen LogP contribution < -0.4 is 0 Å². The third kappa shape index (κ3) is 12.8. The van der Waals surface area contributed by atoms with E-state index in [0.717, 1.165) is 99.5 Å². The van der Waals surface area contributed by atoms with E-state index in [9.17, 15) is 0 Å². The molecule has 0 saturated carbocycles. The summed E-state index contributed by atoms with van der Waals surface area (Å²) in [5.41, 5.74) is 29.0. The van der Waals surface area contributed by atoms with Gasteiger partial charge >= 0.3 is 0 Å². The highest BCUT2D eigenvalue weighted by atomic mass is 15.0. The second kappa shape index (κ2) is 31.4. The first kappa shape index (κ1) is 75.2. The van der Waals surface area contributed by atoms with Crippen LogP contribution in [0.1, 0.15) is 0 Å². The fourth-order valence-corrected chi connectivity index (χ4v) is 20.3. The Labute approximate surface area is 750 Å². The molecule has 26 aromatic rings. The van der Waals surface area contributed by atoms with Gasteiger partial charge in [0.2, 0.25) is 0 Å². The van der Waals surface area contributed by atoms with Crippen molar-refractivity contribution in [2.75, 3.05) is 0 Å². The predicted molar refractivity (Wildman–Crippen MR) is 547 cm³/mol. The SMILES string of the molecule is c1ccc(-c2ccc(-c3ccc(-c4nc(-c5cccc6c(-n7c8ccc9ccccc9c8c8c9ccccc9c(-c9ccccc9)cc87)cccc56)nc5ccccc45)cc3)cc2)cc1.c1ccc(-c2cccc(-c3ccc(-c4nc(-c5cccc6c(-n7c8ccc9ccccc9c8c8c9ccccc9c(-c9ccccc9)cc87)cccc56)nc5ccccc45)cc3)c2)cc1. The summed E-state index contributed by atoms with van der Waals surface area (Å²) >= 11 is 0. The minimum absolute atomic E-state index is 0.701. The van der Waals surface area contributed by atoms with Crippen LogP contribution in [0.4, 0.5) is 0 Å². The Kier molecular flexibility index (Phi) is 18.2. The molecule has 0 atom stereocenters. The molecule has 6 nitrogen and oxygen atoms in total. The summed E-state index contributed by atoms with van der Waals surface area (Å²) in [5, 5.41) is 21.5. The van der Waals surface area contributed by atoms with Crippen LogP contribution in [0, 0.1) is 0 Å². The van der Waals surface area contributed by atoms with Crippen LogP contribution >= 0.6 is 0 Å². The average Bonchev–Trinajstić information content (AvgIpc) is 1.54. The molecule has 26 rings (SSSR count). The van der Waals surface area contributed by atoms with E-state index in [4.69, 9.17) is 19.9 Å². The molecule has 0 saturated heterocycles. The van der Waals surface area contributed by atoms with E-state index in [1.807, 2.05) is 0 Å². The predicted octanol–water partition coefficient (Wildman–Crippen LogP) is 33.0. The van der Waals surface area contributed by atoms with E-state index in [2.05, 4.69) is 482 Å². The van der Waals surface area contributed by atoms with Gasteiger partial charge in [-0.05, 0) is 175 Å². The monoisotopic (exact) mass is 1650 g/mol. The molecule has 130 heavy (non-hydrogen) atoms. The van der Waals surface area contributed by atoms with Gasteiger partial charge in [-0.15, -0.1) is 0 Å². The number of benzene rings is 22. The molecule has 0 bridgehead atoms. The molecule has 0 aliphatic rings. The lowest BCUT2D eigenvalue weighted by molar-refractivity contribution is 1.20. The molecule has 22 aromatic carbocycles. The van der Waals surface area contributed by atoms with Gasteiger partial charge in [0, 0.05) is 65.3 Å². The van der Waals surface area contributed by atoms with E-state index in [0.29, 0.717) is 11.6 Å². The van der Waals surface area contributed by atoms with Crippen molar-refractivity contribution in [1.29, 1.82) is 0 Å². The fraction of sp³-hybridized carbons (Fsp3) is 0. The van der Waals surface area contributed by atoms with Crippen LogP contribution in [0.3, 0.4) is 0 Å². The van der Waals surface area contributed by atoms with Crippen molar-refractivity contribution in [3.63, 3.8) is 0 Å². The summed E-state index contributed by atoms with van der Waals surface area (Å²) in [5.74, 6) is 1.40. The minimum Gasteiger partial charge on any atom is -0.309 e. The van der Waals surface area contributed by atoms with E-state index in [1.165, 1.54) is 142 Å². The first-order valence-corrected chi connectivity index (χ1v) is 44.5. The highest BCUT2D eigenvalue weighted by Gasteiger charge is 2.26. The molecular weight excluding hydrogens is 1570 g/mol. The third-order valence-electron chi connectivity index (χ3n) is 26.4. The minimum atomic E-state index is 0.701. The topological polar surface area (TPSA) is 61.4 Å². The van der Waals surface area contributed by atoms with Crippen molar-refractivity contribution in [1.82, 2.24) is 29.1 Å². The number of hydrogen-bond acceptors (Lipinski definition) is 4. The standard InChI is InChI=1S/2C62H39N3/c1-3-16-40(17-4-1)45-21-13-22-46(38-45)41-32-34-44(35-33-41)61-53-26-11-12-30-55(53)63-62(64-61)52-29-14-28-50-48(52)27-15-31-56(50)65-57-37-36-43-20-7-8-23-47(43)59(57)60-51-25-10-9-24-49(51)54(39-58(60)65)42-18-5-2-6-19-42;1-3-15-40(16-4-1)41-29-31-42(32-30-41)43-33-35-46(36-34-43)61-53-23-11-12-27-55(53)63-62(64-61)52-26-13-25-50-48(52)24-14-28-56(50)65-57-38-37-45-19-7-8-20-47(45)59(57)60-51-22-10-9-21-49(51)54(39-58(60)65)44-17-5-2-6-18-44/h2*1-39H. The van der Waals surface area contributed by atoms with Crippen molar-refractivity contribution < 1.29 is 0 Å². The zero-order valence-electron chi connectivity index (χ0n) is 70.7. The van der Waals surface area contributed by atoms with Crippen LogP contribution in [0.2, 0.25) is 0 Å². The Bertz CT molecular complexity index is 8990. The van der Waals surface area contributed by atoms with Crippen LogP contribution in [0.15, 0.2) is 473 Å². The number of rotatable bonds is 12. The van der Waals surface area contributed by atoms with Gasteiger partial charge in [-0.25, -0.2) is 19.9 Å². The van der Waals surface area contributed by atoms with Gasteiger partial charge in [0.05, 0.1) is 55.9 Å². The van der Waals surface area contributed by atoms with Crippen LogP contribution in [0.5, 0.6) is 0 Å². The average molecular weight is 1650 g/mol. The van der Waals surface area contributed by atoms with Crippen LogP contribution in [0.25, 0.3) is 253 Å². The molecule has 0 aliphatic carbocycles. The second-order valence-electron chi connectivity index (χ2n) is 33.7. The summed E-state index contributed by atoms with van der Waals surface area (Å²) in [4.78, 5) is 21.4. The maximum atomic E-state index is 5.44. The lowest BCUT2D eigenvalue weighted by atomic mass is 9.94. The Balaban J connectivity index is 0.000000140. The van der Waals surface area contributed by atoms with E-state index in [1.54, 1.807) is 0 Å². The number of aromatic nitrogens is 6. The normalized spacial score (nSPS) is 11.7. The van der Waals surface area contributed by atoms with Crippen molar-refractivity contribution >= 4 is 130 Å². The zero-order valence-corrected chi connectivity index (χ0v) is 70.7. The Morgan fingerprint density at radius 3 is 0.838 bits per heavy atom. The molecule has 4 aromatic heterocycles. The molecule has 0 N–H and O–H groups in total. The van der Waals surface area contributed by atoms with Gasteiger partial charge < -0.3 is 9.13 Å². The Hall–Kier alpha value is -17.3. The van der Waals surface area contributed by atoms with Crippen LogP contribution in [-0.2, 0) is 0 Å². The van der Waals surface area contributed by atoms with Crippen molar-refractivity contribution in [3.05, 3.63) is 473 Å². The van der Waals surface area contributed by atoms with Gasteiger partial charge in [0.1, 0.15) is 0 Å². The van der Waals surface area contributed by atoms with Crippen LogP contribution in [-0.4, -0.2) is 29.1 Å². The molecular formula is C124H78N6. The first-order chi connectivity index (χ1) is 64.5. The summed E-state index contributed by atoms with van der Waals surface area (Å²) in [6.07, 6.45) is 0. The van der Waals surface area contributed by atoms with Gasteiger partial charge in [-0.2, -0.15) is 0 Å². The van der Waals surface area contributed by atoms with Crippen molar-refractivity contribution in [2.24, 2.45) is 0 Å². The molecule has 0 fully saturated rings. The summed E-state index contributed by atoms with van der Waals surface area (Å²) < 4.78 is 4.98. The molecule has 4 heterocycles. The largest absolute Gasteiger partial charge is 0.309 e. The number of fused-ring (bicyclic) bond motifs is 18. The summed E-state index contributed by atoms with van der Waals surface area (Å²) in [6, 6.07) is 170. The van der Waals surface area contributed by atoms with Crippen molar-refractivity contribution in [2.45, 2.75) is 0 Å². The highest BCUT2D eigenvalue weighted by Crippen LogP contribution is 2.49. The van der Waals surface area contributed by atoms with Gasteiger partial charge in [0.25, 0.3) is 0 Å². The Morgan fingerprint density at radius 2 is 0.423 bits per heavy atom. The summed E-state index contributed by atoms with van der Waals surface area (Å²) in [6.45, 7) is 0. The molecule has 604 valence electrons. The second-order valence-corrected chi connectivity index (χ2v) is 33.7. The molecule has 0 amide bonds. The molecule has 6 heteroatoms. The number of hydrogen-bond donors (Lipinski definition) is 0. The quantitative estimate of drug-likeness (QED) is 0.122. The van der Waals surface area contributed by atoms with Gasteiger partial charge in [-0.3, -0.25) is 0 Å². The summed E-state index contributed by atoms with van der Waals surface area (Å²) in [7, 11) is 0. The Morgan fingerprint density at radius 1 is 0.146 bits per heavy atom. The van der Waals surface area contributed by atoms with E-state index < -0.39 is 0 Å². The van der Waals surface area contributed by atoms with E-state index in [-0.39, 0.29) is 0 Å². The molecule has 0 aliphatic heterocycles. The number of nitrogens with zero attached hydrogens (tertiary/aromatic N) is 6. The molecule has 0 spiro atoms. The van der Waals surface area contributed by atoms with E-state index >= 15 is 0 Å². The zero-order chi connectivity index (χ0) is 85.7. The lowest BCUT2D eigenvalue weighted by Crippen LogP contribution is -1.98. The number of para-hydroxylation sites is 2. The molecule has 0 unspecified atom stereocenters. The van der Waals surface area contributed by atoms with Gasteiger partial charge in [0.15, 0.2) is 11.6 Å².